The van der Waals surface area contributed by atoms with Gasteiger partial charge in [0.15, 0.2) is 12.4 Å². The zero-order valence-corrected chi connectivity index (χ0v) is 13.5. The third kappa shape index (κ3) is 5.02. The standard InChI is InChI=1S/C17H20FN3O2/c1-4-11(2)19-15(22)10-23-16-9-12(3)20-17(21-16)13-5-7-14(18)8-6-13/h5-9,11H,4,10H2,1-3H3,(H,19,22). The lowest BCUT2D eigenvalue weighted by molar-refractivity contribution is -0.123. The van der Waals surface area contributed by atoms with Gasteiger partial charge in [0.2, 0.25) is 5.88 Å². The van der Waals surface area contributed by atoms with Crippen molar-refractivity contribution in [2.45, 2.75) is 33.2 Å². The molecule has 1 atom stereocenters. The quantitative estimate of drug-likeness (QED) is 0.890. The second-order valence-corrected chi connectivity index (χ2v) is 5.34. The maximum Gasteiger partial charge on any atom is 0.258 e. The first-order valence-electron chi connectivity index (χ1n) is 7.51. The van der Waals surface area contributed by atoms with E-state index in [2.05, 4.69) is 15.3 Å². The number of ether oxygens (including phenoxy) is 1. The third-order valence-corrected chi connectivity index (χ3v) is 3.30. The van der Waals surface area contributed by atoms with Crippen molar-refractivity contribution < 1.29 is 13.9 Å². The van der Waals surface area contributed by atoms with Crippen LogP contribution in [0, 0.1) is 12.7 Å². The van der Waals surface area contributed by atoms with E-state index < -0.39 is 0 Å². The number of amides is 1. The molecule has 1 amide bonds. The average molecular weight is 317 g/mol. The number of hydrogen-bond acceptors (Lipinski definition) is 4. The van der Waals surface area contributed by atoms with Crippen LogP contribution in [-0.4, -0.2) is 28.5 Å². The maximum atomic E-state index is 13.0. The number of halogens is 1. The molecule has 0 fully saturated rings. The van der Waals surface area contributed by atoms with Crippen LogP contribution in [-0.2, 0) is 4.79 Å². The lowest BCUT2D eigenvalue weighted by atomic mass is 10.2. The molecule has 0 aliphatic rings. The number of carbonyl (C=O) groups excluding carboxylic acids is 1. The number of carbonyl (C=O) groups is 1. The van der Waals surface area contributed by atoms with Crippen LogP contribution in [0.2, 0.25) is 0 Å². The Hall–Kier alpha value is -2.50. The van der Waals surface area contributed by atoms with E-state index >= 15 is 0 Å². The fraction of sp³-hybridized carbons (Fsp3) is 0.353. The highest BCUT2D eigenvalue weighted by Gasteiger charge is 2.09. The Morgan fingerprint density at radius 3 is 2.65 bits per heavy atom. The van der Waals surface area contributed by atoms with Crippen LogP contribution in [0.4, 0.5) is 4.39 Å². The molecule has 0 radical (unpaired) electrons. The van der Waals surface area contributed by atoms with Gasteiger partial charge in [0.05, 0.1) is 0 Å². The Labute approximate surface area is 134 Å². The van der Waals surface area contributed by atoms with Crippen molar-refractivity contribution in [2.75, 3.05) is 6.61 Å². The molecule has 0 bridgehead atoms. The second kappa shape index (κ2) is 7.67. The lowest BCUT2D eigenvalue weighted by Crippen LogP contribution is -2.35. The van der Waals surface area contributed by atoms with Gasteiger partial charge < -0.3 is 10.1 Å². The van der Waals surface area contributed by atoms with Crippen LogP contribution in [0.3, 0.4) is 0 Å². The Kier molecular flexibility index (Phi) is 5.62. The van der Waals surface area contributed by atoms with Crippen molar-refractivity contribution in [3.63, 3.8) is 0 Å². The highest BCUT2D eigenvalue weighted by Crippen LogP contribution is 2.19. The highest BCUT2D eigenvalue weighted by molar-refractivity contribution is 5.77. The minimum absolute atomic E-state index is 0.105. The first-order valence-corrected chi connectivity index (χ1v) is 7.51. The van der Waals surface area contributed by atoms with Gasteiger partial charge in [0.25, 0.3) is 5.91 Å². The molecule has 1 unspecified atom stereocenters. The number of hydrogen-bond donors (Lipinski definition) is 1. The van der Waals surface area contributed by atoms with Crippen LogP contribution in [0.25, 0.3) is 11.4 Å². The molecule has 0 aliphatic carbocycles. The summed E-state index contributed by atoms with van der Waals surface area (Å²) in [4.78, 5) is 20.3. The molecule has 0 saturated heterocycles. The van der Waals surface area contributed by atoms with Crippen molar-refractivity contribution in [1.29, 1.82) is 0 Å². The van der Waals surface area contributed by atoms with E-state index in [1.54, 1.807) is 25.1 Å². The average Bonchev–Trinajstić information content (AvgIpc) is 2.53. The topological polar surface area (TPSA) is 64.1 Å². The van der Waals surface area contributed by atoms with Gasteiger partial charge >= 0.3 is 0 Å². The van der Waals surface area contributed by atoms with Gasteiger partial charge in [-0.2, -0.15) is 4.98 Å². The van der Waals surface area contributed by atoms with Gasteiger partial charge in [-0.15, -0.1) is 0 Å². The molecule has 1 N–H and O–H groups in total. The van der Waals surface area contributed by atoms with Gasteiger partial charge in [-0.3, -0.25) is 4.79 Å². The van der Waals surface area contributed by atoms with Crippen LogP contribution in [0.1, 0.15) is 26.0 Å². The summed E-state index contributed by atoms with van der Waals surface area (Å²) in [5, 5.41) is 2.82. The van der Waals surface area contributed by atoms with E-state index in [4.69, 9.17) is 4.74 Å². The van der Waals surface area contributed by atoms with E-state index in [1.807, 2.05) is 13.8 Å². The maximum absolute atomic E-state index is 13.0. The van der Waals surface area contributed by atoms with E-state index in [0.29, 0.717) is 23.0 Å². The molecule has 0 spiro atoms. The monoisotopic (exact) mass is 317 g/mol. The van der Waals surface area contributed by atoms with Crippen molar-refractivity contribution in [2.24, 2.45) is 0 Å². The largest absolute Gasteiger partial charge is 0.467 e. The smallest absolute Gasteiger partial charge is 0.258 e. The number of aryl methyl sites for hydroxylation is 1. The SMILES string of the molecule is CCC(C)NC(=O)COc1cc(C)nc(-c2ccc(F)cc2)n1. The van der Waals surface area contributed by atoms with Crippen LogP contribution in [0.15, 0.2) is 30.3 Å². The van der Waals surface area contributed by atoms with Crippen LogP contribution >= 0.6 is 0 Å². The molecule has 2 aromatic rings. The molecule has 1 aromatic heterocycles. The van der Waals surface area contributed by atoms with Crippen molar-refractivity contribution in [3.8, 4) is 17.3 Å². The fourth-order valence-corrected chi connectivity index (χ4v) is 1.90. The van der Waals surface area contributed by atoms with Crippen LogP contribution in [0.5, 0.6) is 5.88 Å². The van der Waals surface area contributed by atoms with Crippen molar-refractivity contribution in [1.82, 2.24) is 15.3 Å². The number of benzene rings is 1. The molecule has 0 saturated carbocycles. The van der Waals surface area contributed by atoms with E-state index in [-0.39, 0.29) is 24.4 Å². The Balaban J connectivity index is 2.08. The summed E-state index contributed by atoms with van der Waals surface area (Å²) in [5.74, 6) is 0.233. The summed E-state index contributed by atoms with van der Waals surface area (Å²) in [6.07, 6.45) is 0.854. The normalized spacial score (nSPS) is 11.8. The molecule has 2 rings (SSSR count). The van der Waals surface area contributed by atoms with E-state index in [0.717, 1.165) is 6.42 Å². The third-order valence-electron chi connectivity index (χ3n) is 3.30. The number of rotatable bonds is 6. The summed E-state index contributed by atoms with van der Waals surface area (Å²) < 4.78 is 18.4. The molecule has 1 aromatic carbocycles. The first-order chi connectivity index (χ1) is 11.0. The number of nitrogens with zero attached hydrogens (tertiary/aromatic N) is 2. The summed E-state index contributed by atoms with van der Waals surface area (Å²) >= 11 is 0. The summed E-state index contributed by atoms with van der Waals surface area (Å²) in [6.45, 7) is 5.62. The zero-order valence-electron chi connectivity index (χ0n) is 13.5. The molecular weight excluding hydrogens is 297 g/mol. The van der Waals surface area contributed by atoms with Crippen molar-refractivity contribution in [3.05, 3.63) is 41.8 Å². The molecule has 23 heavy (non-hydrogen) atoms. The number of aromatic nitrogens is 2. The molecule has 5 nitrogen and oxygen atoms in total. The molecule has 0 aliphatic heterocycles. The Bertz CT molecular complexity index is 674. The Morgan fingerprint density at radius 1 is 1.30 bits per heavy atom. The van der Waals surface area contributed by atoms with Gasteiger partial charge in [-0.1, -0.05) is 6.92 Å². The van der Waals surface area contributed by atoms with Gasteiger partial charge in [0.1, 0.15) is 5.82 Å². The minimum atomic E-state index is -0.320. The van der Waals surface area contributed by atoms with Gasteiger partial charge in [0, 0.05) is 23.4 Å². The highest BCUT2D eigenvalue weighted by atomic mass is 19.1. The van der Waals surface area contributed by atoms with Crippen molar-refractivity contribution >= 4 is 5.91 Å². The summed E-state index contributed by atoms with van der Waals surface area (Å²) in [7, 11) is 0. The second-order valence-electron chi connectivity index (χ2n) is 5.34. The number of nitrogens with one attached hydrogen (secondary N) is 1. The zero-order chi connectivity index (χ0) is 16.8. The molecule has 122 valence electrons. The summed E-state index contributed by atoms with van der Waals surface area (Å²) in [6, 6.07) is 7.66. The minimum Gasteiger partial charge on any atom is -0.467 e. The van der Waals surface area contributed by atoms with E-state index in [9.17, 15) is 9.18 Å². The lowest BCUT2D eigenvalue weighted by Gasteiger charge is -2.12. The van der Waals surface area contributed by atoms with Crippen LogP contribution < -0.4 is 10.1 Å². The Morgan fingerprint density at radius 2 is 2.00 bits per heavy atom. The van der Waals surface area contributed by atoms with Gasteiger partial charge in [-0.05, 0) is 44.5 Å². The molecule has 1 heterocycles. The predicted molar refractivity (Wildman–Crippen MR) is 85.6 cm³/mol. The first kappa shape index (κ1) is 16.9. The molecular formula is C17H20FN3O2. The molecule has 6 heteroatoms. The van der Waals surface area contributed by atoms with E-state index in [1.165, 1.54) is 12.1 Å². The predicted octanol–water partition coefficient (Wildman–Crippen LogP) is 2.88. The fourth-order valence-electron chi connectivity index (χ4n) is 1.90. The van der Waals surface area contributed by atoms with Gasteiger partial charge in [-0.25, -0.2) is 9.37 Å². The summed E-state index contributed by atoms with van der Waals surface area (Å²) in [5.41, 5.74) is 1.39.